The molecule has 0 heterocycles. The molecule has 17 heavy (non-hydrogen) atoms. The van der Waals surface area contributed by atoms with E-state index in [2.05, 4.69) is 5.32 Å². The lowest BCUT2D eigenvalue weighted by atomic mass is 9.83. The Morgan fingerprint density at radius 2 is 1.65 bits per heavy atom. The second-order valence-corrected chi connectivity index (χ2v) is 6.25. The predicted molar refractivity (Wildman–Crippen MR) is 68.6 cm³/mol. The van der Waals surface area contributed by atoms with Gasteiger partial charge in [-0.25, -0.2) is 0 Å². The maximum absolute atomic E-state index is 12.1. The fourth-order valence-electron chi connectivity index (χ4n) is 2.55. The number of carbonyl (C=O) groups excluding carboxylic acids is 2. The average Bonchev–Trinajstić information content (AvgIpc) is 2.24. The van der Waals surface area contributed by atoms with Crippen LogP contribution in [0, 0.1) is 11.3 Å². The van der Waals surface area contributed by atoms with Crippen LogP contribution in [0.25, 0.3) is 0 Å². The van der Waals surface area contributed by atoms with Crippen LogP contribution in [0.4, 0.5) is 0 Å². The van der Waals surface area contributed by atoms with Crippen LogP contribution in [-0.2, 0) is 9.59 Å². The van der Waals surface area contributed by atoms with Gasteiger partial charge in [0.2, 0.25) is 5.91 Å². The number of hydrogen-bond donors (Lipinski definition) is 1. The van der Waals surface area contributed by atoms with Crippen molar-refractivity contribution in [1.29, 1.82) is 0 Å². The number of nitrogens with one attached hydrogen (secondary N) is 1. The maximum Gasteiger partial charge on any atom is 0.223 e. The zero-order valence-corrected chi connectivity index (χ0v) is 11.5. The predicted octanol–water partition coefficient (Wildman–Crippen LogP) is 2.69. The van der Waals surface area contributed by atoms with Crippen LogP contribution in [-0.4, -0.2) is 17.7 Å². The molecule has 1 aliphatic carbocycles. The van der Waals surface area contributed by atoms with Gasteiger partial charge in [-0.2, -0.15) is 0 Å². The average molecular weight is 239 g/mol. The number of hydrogen-bond acceptors (Lipinski definition) is 2. The molecule has 3 heteroatoms. The van der Waals surface area contributed by atoms with Crippen LogP contribution >= 0.6 is 0 Å². The number of rotatable bonds is 3. The molecule has 0 aliphatic heterocycles. The third-order valence-corrected chi connectivity index (χ3v) is 3.54. The molecule has 0 aromatic heterocycles. The second-order valence-electron chi connectivity index (χ2n) is 6.25. The smallest absolute Gasteiger partial charge is 0.223 e. The number of carbonyl (C=O) groups is 2. The Labute approximate surface area is 104 Å². The summed E-state index contributed by atoms with van der Waals surface area (Å²) in [4.78, 5) is 23.7. The van der Waals surface area contributed by atoms with Gasteiger partial charge in [0, 0.05) is 5.92 Å². The largest absolute Gasteiger partial charge is 0.346 e. The monoisotopic (exact) mass is 239 g/mol. The Balaban J connectivity index is 2.60. The molecule has 1 unspecified atom stereocenters. The van der Waals surface area contributed by atoms with Gasteiger partial charge >= 0.3 is 0 Å². The Hall–Kier alpha value is -0.860. The molecule has 1 atom stereocenters. The molecule has 0 bridgehead atoms. The van der Waals surface area contributed by atoms with Gasteiger partial charge in [0.25, 0.3) is 0 Å². The van der Waals surface area contributed by atoms with Gasteiger partial charge in [-0.1, -0.05) is 40.0 Å². The molecule has 0 aromatic carbocycles. The van der Waals surface area contributed by atoms with Gasteiger partial charge in [-0.3, -0.25) is 9.59 Å². The van der Waals surface area contributed by atoms with E-state index in [1.54, 1.807) is 6.92 Å². The molecule has 1 saturated carbocycles. The molecule has 1 N–H and O–H groups in total. The highest BCUT2D eigenvalue weighted by atomic mass is 16.2. The fourth-order valence-corrected chi connectivity index (χ4v) is 2.55. The van der Waals surface area contributed by atoms with Crippen molar-refractivity contribution in [2.24, 2.45) is 11.3 Å². The van der Waals surface area contributed by atoms with Crippen LogP contribution in [0.2, 0.25) is 0 Å². The van der Waals surface area contributed by atoms with Crippen molar-refractivity contribution in [3.8, 4) is 0 Å². The molecule has 1 amide bonds. The van der Waals surface area contributed by atoms with E-state index in [1.807, 2.05) is 20.8 Å². The molecule has 1 rings (SSSR count). The van der Waals surface area contributed by atoms with Gasteiger partial charge in [0.15, 0.2) is 5.78 Å². The van der Waals surface area contributed by atoms with Crippen LogP contribution < -0.4 is 5.32 Å². The molecule has 0 aromatic rings. The standard InChI is InChI=1S/C14H25NO2/c1-10(16)12(14(2,3)4)15-13(17)11-8-6-5-7-9-11/h11-12H,5-9H2,1-4H3,(H,15,17). The first-order valence-corrected chi connectivity index (χ1v) is 6.63. The van der Waals surface area contributed by atoms with Crippen LogP contribution in [0.15, 0.2) is 0 Å². The highest BCUT2D eigenvalue weighted by Crippen LogP contribution is 2.25. The summed E-state index contributed by atoms with van der Waals surface area (Å²) in [5.74, 6) is 0.231. The Morgan fingerprint density at radius 3 is 2.06 bits per heavy atom. The van der Waals surface area contributed by atoms with E-state index in [0.29, 0.717) is 0 Å². The molecular formula is C14H25NO2. The summed E-state index contributed by atoms with van der Waals surface area (Å²) in [6.07, 6.45) is 5.46. The van der Waals surface area contributed by atoms with Crippen molar-refractivity contribution in [3.05, 3.63) is 0 Å². The summed E-state index contributed by atoms with van der Waals surface area (Å²) in [6.45, 7) is 7.51. The molecule has 0 saturated heterocycles. The van der Waals surface area contributed by atoms with E-state index >= 15 is 0 Å². The van der Waals surface area contributed by atoms with Gasteiger partial charge in [0.1, 0.15) is 0 Å². The number of amides is 1. The summed E-state index contributed by atoms with van der Waals surface area (Å²) < 4.78 is 0. The summed E-state index contributed by atoms with van der Waals surface area (Å²) in [6, 6.07) is -0.364. The zero-order valence-electron chi connectivity index (χ0n) is 11.5. The van der Waals surface area contributed by atoms with E-state index in [-0.39, 0.29) is 29.1 Å². The Bertz CT molecular complexity index is 285. The van der Waals surface area contributed by atoms with Crippen LogP contribution in [0.5, 0.6) is 0 Å². The van der Waals surface area contributed by atoms with E-state index in [4.69, 9.17) is 0 Å². The van der Waals surface area contributed by atoms with Gasteiger partial charge < -0.3 is 5.32 Å². The topological polar surface area (TPSA) is 46.2 Å². The van der Waals surface area contributed by atoms with Crippen molar-refractivity contribution in [2.75, 3.05) is 0 Å². The van der Waals surface area contributed by atoms with E-state index in [0.717, 1.165) is 25.7 Å². The Morgan fingerprint density at radius 1 is 1.12 bits per heavy atom. The summed E-state index contributed by atoms with van der Waals surface area (Å²) in [5, 5.41) is 2.94. The lowest BCUT2D eigenvalue weighted by Crippen LogP contribution is -2.50. The van der Waals surface area contributed by atoms with Crippen molar-refractivity contribution in [3.63, 3.8) is 0 Å². The maximum atomic E-state index is 12.1. The third kappa shape index (κ3) is 4.14. The van der Waals surface area contributed by atoms with Crippen molar-refractivity contribution >= 4 is 11.7 Å². The third-order valence-electron chi connectivity index (χ3n) is 3.54. The van der Waals surface area contributed by atoms with Gasteiger partial charge in [-0.05, 0) is 25.2 Å². The first-order valence-electron chi connectivity index (χ1n) is 6.63. The lowest BCUT2D eigenvalue weighted by Gasteiger charge is -2.31. The minimum absolute atomic E-state index is 0.0432. The van der Waals surface area contributed by atoms with Gasteiger partial charge in [0.05, 0.1) is 6.04 Å². The highest BCUT2D eigenvalue weighted by Gasteiger charge is 2.32. The fraction of sp³-hybridized carbons (Fsp3) is 0.857. The first kappa shape index (κ1) is 14.2. The van der Waals surface area contributed by atoms with Gasteiger partial charge in [-0.15, -0.1) is 0 Å². The normalized spacial score (nSPS) is 19.8. The molecule has 3 nitrogen and oxygen atoms in total. The quantitative estimate of drug-likeness (QED) is 0.823. The summed E-state index contributed by atoms with van der Waals surface area (Å²) in [7, 11) is 0. The van der Waals surface area contributed by atoms with Crippen molar-refractivity contribution in [2.45, 2.75) is 65.8 Å². The molecule has 0 spiro atoms. The van der Waals surface area contributed by atoms with Crippen LogP contribution in [0.3, 0.4) is 0 Å². The summed E-state index contributed by atoms with van der Waals surface area (Å²) >= 11 is 0. The van der Waals surface area contributed by atoms with E-state index in [9.17, 15) is 9.59 Å². The Kier molecular flexibility index (Phi) is 4.72. The zero-order chi connectivity index (χ0) is 13.1. The number of Topliss-reactive ketones (excluding diaryl/α,β-unsaturated/α-hetero) is 1. The minimum atomic E-state index is -0.364. The second kappa shape index (κ2) is 5.65. The van der Waals surface area contributed by atoms with Crippen LogP contribution in [0.1, 0.15) is 59.8 Å². The molecular weight excluding hydrogens is 214 g/mol. The van der Waals surface area contributed by atoms with Crippen molar-refractivity contribution < 1.29 is 9.59 Å². The molecule has 98 valence electrons. The lowest BCUT2D eigenvalue weighted by molar-refractivity contribution is -0.132. The molecule has 0 radical (unpaired) electrons. The highest BCUT2D eigenvalue weighted by molar-refractivity contribution is 5.89. The van der Waals surface area contributed by atoms with E-state index in [1.165, 1.54) is 6.42 Å². The molecule has 1 fully saturated rings. The summed E-state index contributed by atoms with van der Waals surface area (Å²) in [5.41, 5.74) is -0.212. The number of ketones is 1. The minimum Gasteiger partial charge on any atom is -0.346 e. The SMILES string of the molecule is CC(=O)C(NC(=O)C1CCCCC1)C(C)(C)C. The molecule has 1 aliphatic rings. The van der Waals surface area contributed by atoms with Crippen molar-refractivity contribution in [1.82, 2.24) is 5.32 Å². The van der Waals surface area contributed by atoms with E-state index < -0.39 is 0 Å². The first-order chi connectivity index (χ1) is 7.82.